The number of ether oxygens (including phenoxy) is 2. The molecule has 0 atom stereocenters. The summed E-state index contributed by atoms with van der Waals surface area (Å²) in [5.74, 6) is -1.02. The molecule has 1 fully saturated rings. The van der Waals surface area contributed by atoms with E-state index in [0.29, 0.717) is 0 Å². The summed E-state index contributed by atoms with van der Waals surface area (Å²) in [5, 5.41) is 0. The summed E-state index contributed by atoms with van der Waals surface area (Å²) in [6, 6.07) is 0. The van der Waals surface area contributed by atoms with Crippen LogP contribution in [0, 0.1) is 0 Å². The molecular weight excluding hydrogens is 184 g/mol. The molecule has 1 saturated carbocycles. The van der Waals surface area contributed by atoms with Crippen molar-refractivity contribution in [1.82, 2.24) is 0 Å². The monoisotopic (exact) mass is 198 g/mol. The number of rotatable bonds is 3. The molecule has 1 rings (SSSR count). The highest BCUT2D eigenvalue weighted by molar-refractivity contribution is 5.91. The Bertz CT molecular complexity index is 239. The highest BCUT2D eigenvalue weighted by atomic mass is 16.5. The average Bonchev–Trinajstić information content (AvgIpc) is 2.66. The van der Waals surface area contributed by atoms with Gasteiger partial charge in [-0.3, -0.25) is 0 Å². The molecular formula is C10H14O4. The third kappa shape index (κ3) is 3.60. The highest BCUT2D eigenvalue weighted by Gasteiger charge is 2.17. The molecule has 0 N–H and O–H groups in total. The number of hydrogen-bond acceptors (Lipinski definition) is 4. The lowest BCUT2D eigenvalue weighted by molar-refractivity contribution is -0.143. The van der Waals surface area contributed by atoms with Gasteiger partial charge < -0.3 is 9.47 Å². The van der Waals surface area contributed by atoms with E-state index in [9.17, 15) is 9.59 Å². The van der Waals surface area contributed by atoms with E-state index in [4.69, 9.17) is 4.74 Å². The molecule has 0 bridgehead atoms. The fourth-order valence-electron chi connectivity index (χ4n) is 1.41. The van der Waals surface area contributed by atoms with Gasteiger partial charge in [-0.1, -0.05) is 0 Å². The van der Waals surface area contributed by atoms with Crippen molar-refractivity contribution in [2.24, 2.45) is 0 Å². The molecule has 4 heteroatoms. The van der Waals surface area contributed by atoms with Crippen LogP contribution in [0.25, 0.3) is 0 Å². The quantitative estimate of drug-likeness (QED) is 0.505. The Kier molecular flexibility index (Phi) is 4.16. The molecule has 0 radical (unpaired) electrons. The average molecular weight is 198 g/mol. The summed E-state index contributed by atoms with van der Waals surface area (Å²) >= 11 is 0. The maximum absolute atomic E-state index is 11.1. The van der Waals surface area contributed by atoms with Crippen LogP contribution in [0.2, 0.25) is 0 Å². The largest absolute Gasteiger partial charge is 0.466 e. The number of carbonyl (C=O) groups excluding carboxylic acids is 2. The summed E-state index contributed by atoms with van der Waals surface area (Å²) in [6.07, 6.45) is 6.28. The van der Waals surface area contributed by atoms with Crippen LogP contribution >= 0.6 is 0 Å². The van der Waals surface area contributed by atoms with Gasteiger partial charge in [-0.25, -0.2) is 9.59 Å². The summed E-state index contributed by atoms with van der Waals surface area (Å²) in [5.41, 5.74) is 0. The molecule has 0 aliphatic heterocycles. The Morgan fingerprint density at radius 2 is 1.71 bits per heavy atom. The predicted molar refractivity (Wildman–Crippen MR) is 49.5 cm³/mol. The van der Waals surface area contributed by atoms with Crippen molar-refractivity contribution >= 4 is 11.9 Å². The second kappa shape index (κ2) is 5.42. The minimum absolute atomic E-state index is 0.0322. The van der Waals surface area contributed by atoms with Crippen LogP contribution in [0.5, 0.6) is 0 Å². The SMILES string of the molecule is COC(=O)/C=C/C(=O)OC1CCCC1. The molecule has 1 aliphatic carbocycles. The van der Waals surface area contributed by atoms with E-state index in [1.165, 1.54) is 7.11 Å². The molecule has 0 aromatic heterocycles. The fourth-order valence-corrected chi connectivity index (χ4v) is 1.41. The lowest BCUT2D eigenvalue weighted by atomic mass is 10.3. The highest BCUT2D eigenvalue weighted by Crippen LogP contribution is 2.20. The zero-order valence-corrected chi connectivity index (χ0v) is 8.19. The van der Waals surface area contributed by atoms with Gasteiger partial charge in [0.05, 0.1) is 7.11 Å². The zero-order chi connectivity index (χ0) is 10.4. The van der Waals surface area contributed by atoms with Crippen molar-refractivity contribution in [3.8, 4) is 0 Å². The van der Waals surface area contributed by atoms with Crippen LogP contribution < -0.4 is 0 Å². The Hall–Kier alpha value is -1.32. The summed E-state index contributed by atoms with van der Waals surface area (Å²) in [4.78, 5) is 21.7. The molecule has 14 heavy (non-hydrogen) atoms. The summed E-state index contributed by atoms with van der Waals surface area (Å²) in [7, 11) is 1.26. The standard InChI is InChI=1S/C10H14O4/c1-13-9(11)6-7-10(12)14-8-4-2-3-5-8/h6-8H,2-5H2,1H3/b7-6+. The number of carbonyl (C=O) groups is 2. The Labute approximate surface area is 82.9 Å². The van der Waals surface area contributed by atoms with E-state index < -0.39 is 11.9 Å². The smallest absolute Gasteiger partial charge is 0.331 e. The normalized spacial score (nSPS) is 17.2. The van der Waals surface area contributed by atoms with Crippen LogP contribution in [0.3, 0.4) is 0 Å². The van der Waals surface area contributed by atoms with Gasteiger partial charge in [0.25, 0.3) is 0 Å². The molecule has 0 aromatic rings. The molecule has 4 nitrogen and oxygen atoms in total. The lowest BCUT2D eigenvalue weighted by Gasteiger charge is -2.08. The predicted octanol–water partition coefficient (Wildman–Crippen LogP) is 1.20. The van der Waals surface area contributed by atoms with E-state index in [1.807, 2.05) is 0 Å². The minimum Gasteiger partial charge on any atom is -0.466 e. The second-order valence-corrected chi connectivity index (χ2v) is 3.20. The van der Waals surface area contributed by atoms with Crippen LogP contribution in [0.1, 0.15) is 25.7 Å². The molecule has 0 heterocycles. The van der Waals surface area contributed by atoms with Crippen molar-refractivity contribution in [1.29, 1.82) is 0 Å². The second-order valence-electron chi connectivity index (χ2n) is 3.20. The van der Waals surface area contributed by atoms with Crippen LogP contribution in [0.15, 0.2) is 12.2 Å². The van der Waals surface area contributed by atoms with Gasteiger partial charge in [0.1, 0.15) is 6.10 Å². The first-order chi connectivity index (χ1) is 6.72. The van der Waals surface area contributed by atoms with Gasteiger partial charge in [-0.15, -0.1) is 0 Å². The van der Waals surface area contributed by atoms with Crippen molar-refractivity contribution in [2.75, 3.05) is 7.11 Å². The first kappa shape index (κ1) is 10.8. The van der Waals surface area contributed by atoms with Crippen LogP contribution in [0.4, 0.5) is 0 Å². The summed E-state index contributed by atoms with van der Waals surface area (Å²) in [6.45, 7) is 0. The first-order valence-corrected chi connectivity index (χ1v) is 4.69. The van der Waals surface area contributed by atoms with E-state index in [0.717, 1.165) is 37.8 Å². The van der Waals surface area contributed by atoms with Gasteiger partial charge in [-0.05, 0) is 25.7 Å². The van der Waals surface area contributed by atoms with Crippen LogP contribution in [-0.4, -0.2) is 25.2 Å². The van der Waals surface area contributed by atoms with Crippen molar-refractivity contribution in [2.45, 2.75) is 31.8 Å². The van der Waals surface area contributed by atoms with E-state index in [1.54, 1.807) is 0 Å². The Morgan fingerprint density at radius 3 is 2.29 bits per heavy atom. The number of hydrogen-bond donors (Lipinski definition) is 0. The molecule has 0 spiro atoms. The van der Waals surface area contributed by atoms with Crippen molar-refractivity contribution in [3.05, 3.63) is 12.2 Å². The zero-order valence-electron chi connectivity index (χ0n) is 8.19. The third-order valence-electron chi connectivity index (χ3n) is 2.14. The Balaban J connectivity index is 2.27. The van der Waals surface area contributed by atoms with Crippen molar-refractivity contribution < 1.29 is 19.1 Å². The third-order valence-corrected chi connectivity index (χ3v) is 2.14. The maximum Gasteiger partial charge on any atom is 0.331 e. The summed E-state index contributed by atoms with van der Waals surface area (Å²) < 4.78 is 9.41. The van der Waals surface area contributed by atoms with Crippen molar-refractivity contribution in [3.63, 3.8) is 0 Å². The van der Waals surface area contributed by atoms with E-state index in [2.05, 4.69) is 4.74 Å². The van der Waals surface area contributed by atoms with Gasteiger partial charge in [0.15, 0.2) is 0 Å². The molecule has 0 aromatic carbocycles. The van der Waals surface area contributed by atoms with E-state index >= 15 is 0 Å². The maximum atomic E-state index is 11.1. The molecule has 0 saturated heterocycles. The Morgan fingerprint density at radius 1 is 1.14 bits per heavy atom. The molecule has 0 unspecified atom stereocenters. The topological polar surface area (TPSA) is 52.6 Å². The molecule has 1 aliphatic rings. The fraction of sp³-hybridized carbons (Fsp3) is 0.600. The van der Waals surface area contributed by atoms with E-state index in [-0.39, 0.29) is 6.10 Å². The van der Waals surface area contributed by atoms with Gasteiger partial charge in [0, 0.05) is 12.2 Å². The van der Waals surface area contributed by atoms with Gasteiger partial charge >= 0.3 is 11.9 Å². The molecule has 0 amide bonds. The van der Waals surface area contributed by atoms with Gasteiger partial charge in [0.2, 0.25) is 0 Å². The first-order valence-electron chi connectivity index (χ1n) is 4.69. The lowest BCUT2D eigenvalue weighted by Crippen LogP contribution is -2.12. The molecule has 78 valence electrons. The van der Waals surface area contributed by atoms with Crippen LogP contribution in [-0.2, 0) is 19.1 Å². The number of esters is 2. The minimum atomic E-state index is -0.548. The van der Waals surface area contributed by atoms with Gasteiger partial charge in [-0.2, -0.15) is 0 Å². The number of methoxy groups -OCH3 is 1.